The Hall–Kier alpha value is -1.35. The second-order valence-corrected chi connectivity index (χ2v) is 5.53. The molecule has 0 aliphatic rings. The van der Waals surface area contributed by atoms with Crippen LogP contribution in [0.25, 0.3) is 0 Å². The largest absolute Gasteiger partial charge is 0.365 e. The lowest BCUT2D eigenvalue weighted by atomic mass is 10.1. The van der Waals surface area contributed by atoms with Gasteiger partial charge in [0.2, 0.25) is 0 Å². The average molecular weight is 260 g/mol. The number of aryl methyl sites for hydroxylation is 4. The van der Waals surface area contributed by atoms with E-state index in [-0.39, 0.29) is 0 Å². The Kier molecular flexibility index (Phi) is 4.37. The summed E-state index contributed by atoms with van der Waals surface area (Å²) in [5.41, 5.74) is 3.98. The number of nitrogens with one attached hydrogen (secondary N) is 1. The molecule has 96 valence electrons. The summed E-state index contributed by atoms with van der Waals surface area (Å²) in [6, 6.07) is 8.95. The van der Waals surface area contributed by atoms with E-state index in [1.165, 1.54) is 16.0 Å². The highest BCUT2D eigenvalue weighted by Crippen LogP contribution is 2.23. The predicted molar refractivity (Wildman–Crippen MR) is 79.6 cm³/mol. The molecule has 0 unspecified atom stereocenters. The molecule has 0 bridgehead atoms. The Bertz CT molecular complexity index is 500. The van der Waals surface area contributed by atoms with E-state index >= 15 is 0 Å². The number of hydrogen-bond acceptors (Lipinski definition) is 3. The standard InChI is InChI=1S/C15H20N2S/c1-4-12-5-7-13(8-6-12)9-10-14-11(2)17-15(16-3)18-14/h5-8H,4,9-10H2,1-3H3,(H,16,17). The van der Waals surface area contributed by atoms with E-state index in [2.05, 4.69) is 48.4 Å². The fourth-order valence-corrected chi connectivity index (χ4v) is 2.88. The molecule has 0 amide bonds. The lowest BCUT2D eigenvalue weighted by Gasteiger charge is -2.02. The molecule has 1 aromatic heterocycles. The van der Waals surface area contributed by atoms with Gasteiger partial charge in [0.15, 0.2) is 5.13 Å². The number of anilines is 1. The topological polar surface area (TPSA) is 24.9 Å². The van der Waals surface area contributed by atoms with Crippen LogP contribution < -0.4 is 5.32 Å². The Labute approximate surface area is 113 Å². The van der Waals surface area contributed by atoms with Gasteiger partial charge in [0.05, 0.1) is 5.69 Å². The van der Waals surface area contributed by atoms with Gasteiger partial charge in [-0.25, -0.2) is 4.98 Å². The maximum absolute atomic E-state index is 4.48. The Morgan fingerprint density at radius 2 is 1.78 bits per heavy atom. The third-order valence-electron chi connectivity index (χ3n) is 3.18. The van der Waals surface area contributed by atoms with Crippen molar-refractivity contribution < 1.29 is 0 Å². The van der Waals surface area contributed by atoms with Crippen LogP contribution in [-0.2, 0) is 19.3 Å². The van der Waals surface area contributed by atoms with Gasteiger partial charge in [0, 0.05) is 11.9 Å². The van der Waals surface area contributed by atoms with Crippen LogP contribution in [-0.4, -0.2) is 12.0 Å². The molecule has 3 heteroatoms. The van der Waals surface area contributed by atoms with Crippen molar-refractivity contribution in [2.75, 3.05) is 12.4 Å². The number of thiazole rings is 1. The van der Waals surface area contributed by atoms with Gasteiger partial charge >= 0.3 is 0 Å². The first-order valence-electron chi connectivity index (χ1n) is 6.44. The molecule has 1 aromatic carbocycles. The number of nitrogens with zero attached hydrogens (tertiary/aromatic N) is 1. The number of hydrogen-bond donors (Lipinski definition) is 1. The van der Waals surface area contributed by atoms with Crippen LogP contribution >= 0.6 is 11.3 Å². The number of benzene rings is 1. The van der Waals surface area contributed by atoms with Crippen molar-refractivity contribution >= 4 is 16.5 Å². The van der Waals surface area contributed by atoms with Crippen molar-refractivity contribution in [3.63, 3.8) is 0 Å². The summed E-state index contributed by atoms with van der Waals surface area (Å²) < 4.78 is 0. The van der Waals surface area contributed by atoms with E-state index in [4.69, 9.17) is 0 Å². The highest BCUT2D eigenvalue weighted by atomic mass is 32.1. The SMILES string of the molecule is CCc1ccc(CCc2sc(NC)nc2C)cc1. The van der Waals surface area contributed by atoms with Crippen molar-refractivity contribution in [2.45, 2.75) is 33.1 Å². The van der Waals surface area contributed by atoms with Gasteiger partial charge in [-0.1, -0.05) is 31.2 Å². The molecule has 18 heavy (non-hydrogen) atoms. The molecular formula is C15H20N2S. The number of rotatable bonds is 5. The normalized spacial score (nSPS) is 10.6. The van der Waals surface area contributed by atoms with E-state index < -0.39 is 0 Å². The summed E-state index contributed by atoms with van der Waals surface area (Å²) in [6.07, 6.45) is 3.28. The third-order valence-corrected chi connectivity index (χ3v) is 4.41. The predicted octanol–water partition coefficient (Wildman–Crippen LogP) is 3.84. The van der Waals surface area contributed by atoms with Crippen LogP contribution in [0.3, 0.4) is 0 Å². The van der Waals surface area contributed by atoms with E-state index in [1.54, 1.807) is 11.3 Å². The van der Waals surface area contributed by atoms with Crippen LogP contribution in [0.4, 0.5) is 5.13 Å². The molecule has 1 heterocycles. The molecule has 0 radical (unpaired) electrons. The highest BCUT2D eigenvalue weighted by Gasteiger charge is 2.06. The van der Waals surface area contributed by atoms with E-state index in [9.17, 15) is 0 Å². The summed E-state index contributed by atoms with van der Waals surface area (Å²) in [7, 11) is 1.92. The van der Waals surface area contributed by atoms with E-state index in [0.717, 1.165) is 30.1 Å². The first kappa shape index (κ1) is 13.1. The molecule has 0 spiro atoms. The molecule has 0 fully saturated rings. The minimum Gasteiger partial charge on any atom is -0.365 e. The van der Waals surface area contributed by atoms with Crippen molar-refractivity contribution in [2.24, 2.45) is 0 Å². The molecule has 2 nitrogen and oxygen atoms in total. The van der Waals surface area contributed by atoms with Gasteiger partial charge in [0.1, 0.15) is 0 Å². The van der Waals surface area contributed by atoms with Crippen LogP contribution in [0.1, 0.15) is 28.6 Å². The van der Waals surface area contributed by atoms with Crippen molar-refractivity contribution in [1.29, 1.82) is 0 Å². The summed E-state index contributed by atoms with van der Waals surface area (Å²) in [4.78, 5) is 5.86. The molecule has 0 aliphatic carbocycles. The lowest BCUT2D eigenvalue weighted by Crippen LogP contribution is -1.91. The fourth-order valence-electron chi connectivity index (χ4n) is 1.97. The van der Waals surface area contributed by atoms with Crippen molar-refractivity contribution in [1.82, 2.24) is 4.98 Å². The molecular weight excluding hydrogens is 240 g/mol. The molecule has 2 rings (SSSR count). The van der Waals surface area contributed by atoms with E-state index in [1.807, 2.05) is 7.05 Å². The van der Waals surface area contributed by atoms with Gasteiger partial charge in [-0.2, -0.15) is 0 Å². The Morgan fingerprint density at radius 1 is 1.11 bits per heavy atom. The monoisotopic (exact) mass is 260 g/mol. The van der Waals surface area contributed by atoms with Gasteiger partial charge in [-0.3, -0.25) is 0 Å². The van der Waals surface area contributed by atoms with Crippen LogP contribution in [0.15, 0.2) is 24.3 Å². The molecule has 0 saturated carbocycles. The maximum atomic E-state index is 4.48. The van der Waals surface area contributed by atoms with Gasteiger partial charge in [0.25, 0.3) is 0 Å². The van der Waals surface area contributed by atoms with Crippen molar-refractivity contribution in [3.8, 4) is 0 Å². The third kappa shape index (κ3) is 3.10. The van der Waals surface area contributed by atoms with Crippen LogP contribution in [0.2, 0.25) is 0 Å². The second-order valence-electron chi connectivity index (χ2n) is 4.45. The average Bonchev–Trinajstić information content (AvgIpc) is 2.77. The minimum absolute atomic E-state index is 1.02. The first-order chi connectivity index (χ1) is 8.72. The highest BCUT2D eigenvalue weighted by molar-refractivity contribution is 7.15. The quantitative estimate of drug-likeness (QED) is 0.883. The lowest BCUT2D eigenvalue weighted by molar-refractivity contribution is 0.959. The van der Waals surface area contributed by atoms with Gasteiger partial charge in [-0.05, 0) is 37.3 Å². The zero-order valence-corrected chi connectivity index (χ0v) is 12.1. The summed E-state index contributed by atoms with van der Waals surface area (Å²) in [6.45, 7) is 4.28. The van der Waals surface area contributed by atoms with E-state index in [0.29, 0.717) is 0 Å². The summed E-state index contributed by atoms with van der Waals surface area (Å²) in [5, 5.41) is 4.13. The minimum atomic E-state index is 1.02. The fraction of sp³-hybridized carbons (Fsp3) is 0.400. The Balaban J connectivity index is 1.99. The van der Waals surface area contributed by atoms with Crippen molar-refractivity contribution in [3.05, 3.63) is 46.0 Å². The van der Waals surface area contributed by atoms with Gasteiger partial charge in [-0.15, -0.1) is 11.3 Å². The maximum Gasteiger partial charge on any atom is 0.182 e. The molecule has 0 saturated heterocycles. The van der Waals surface area contributed by atoms with Crippen LogP contribution in [0, 0.1) is 6.92 Å². The van der Waals surface area contributed by atoms with Crippen LogP contribution in [0.5, 0.6) is 0 Å². The molecule has 0 aliphatic heterocycles. The molecule has 2 aromatic rings. The van der Waals surface area contributed by atoms with Gasteiger partial charge < -0.3 is 5.32 Å². The molecule has 1 N–H and O–H groups in total. The Morgan fingerprint density at radius 3 is 2.33 bits per heavy atom. The second kappa shape index (κ2) is 6.01. The summed E-state index contributed by atoms with van der Waals surface area (Å²) >= 11 is 1.76. The summed E-state index contributed by atoms with van der Waals surface area (Å²) in [5.74, 6) is 0. The zero-order valence-electron chi connectivity index (χ0n) is 11.3. The zero-order chi connectivity index (χ0) is 13.0. The smallest absolute Gasteiger partial charge is 0.182 e. The first-order valence-corrected chi connectivity index (χ1v) is 7.26. The number of aromatic nitrogens is 1. The molecule has 0 atom stereocenters.